The molecule has 0 bridgehead atoms. The Morgan fingerprint density at radius 3 is 2.73 bits per heavy atom. The molecule has 1 fully saturated rings. The van der Waals surface area contributed by atoms with Crippen molar-refractivity contribution < 1.29 is 4.79 Å². The summed E-state index contributed by atoms with van der Waals surface area (Å²) >= 11 is 0. The van der Waals surface area contributed by atoms with Crippen LogP contribution in [0, 0.1) is 11.3 Å². The fourth-order valence-electron chi connectivity index (χ4n) is 3.40. The molecule has 4 nitrogen and oxygen atoms in total. The van der Waals surface area contributed by atoms with Crippen LogP contribution in [0.4, 0.5) is 5.82 Å². The molecule has 0 spiro atoms. The number of nitrogens with one attached hydrogen (secondary N) is 1. The zero-order valence-electron chi connectivity index (χ0n) is 16.7. The molecule has 1 aromatic heterocycles. The van der Waals surface area contributed by atoms with Gasteiger partial charge in [0, 0.05) is 24.5 Å². The molecule has 2 heterocycles. The van der Waals surface area contributed by atoms with Gasteiger partial charge in [-0.15, -0.1) is 0 Å². The molecular formula is C22H31N3O. The molecule has 4 heteroatoms. The van der Waals surface area contributed by atoms with E-state index in [9.17, 15) is 4.79 Å². The van der Waals surface area contributed by atoms with E-state index in [-0.39, 0.29) is 17.4 Å². The maximum absolute atomic E-state index is 13.1. The first-order valence-corrected chi connectivity index (χ1v) is 9.71. The van der Waals surface area contributed by atoms with Gasteiger partial charge in [0.1, 0.15) is 5.82 Å². The van der Waals surface area contributed by atoms with E-state index in [1.165, 1.54) is 12.8 Å². The minimum atomic E-state index is -0.0164. The van der Waals surface area contributed by atoms with Gasteiger partial charge in [0.25, 0.3) is 5.91 Å². The Balaban J connectivity index is 1.99. The van der Waals surface area contributed by atoms with Crippen molar-refractivity contribution in [1.29, 1.82) is 0 Å². The van der Waals surface area contributed by atoms with E-state index in [0.29, 0.717) is 5.92 Å². The molecule has 1 aromatic carbocycles. The third-order valence-electron chi connectivity index (χ3n) is 5.57. The smallest absolute Gasteiger partial charge is 0.252 e. The highest BCUT2D eigenvalue weighted by Crippen LogP contribution is 2.27. The third-order valence-corrected chi connectivity index (χ3v) is 5.57. The second-order valence-corrected chi connectivity index (χ2v) is 8.80. The molecule has 0 radical (unpaired) electrons. The first-order valence-electron chi connectivity index (χ1n) is 9.71. The first kappa shape index (κ1) is 18.7. The number of nitrogens with zero attached hydrogens (tertiary/aromatic N) is 2. The molecule has 2 atom stereocenters. The van der Waals surface area contributed by atoms with E-state index in [0.717, 1.165) is 35.4 Å². The largest absolute Gasteiger partial charge is 0.356 e. The van der Waals surface area contributed by atoms with Crippen LogP contribution < -0.4 is 10.2 Å². The summed E-state index contributed by atoms with van der Waals surface area (Å²) in [5, 5.41) is 4.10. The summed E-state index contributed by atoms with van der Waals surface area (Å²) in [5.41, 5.74) is 1.63. The van der Waals surface area contributed by atoms with Crippen molar-refractivity contribution in [1.82, 2.24) is 10.3 Å². The Kier molecular flexibility index (Phi) is 5.22. The number of carbonyl (C=O) groups is 1. The van der Waals surface area contributed by atoms with Crippen molar-refractivity contribution in [3.63, 3.8) is 0 Å². The van der Waals surface area contributed by atoms with Crippen LogP contribution in [-0.2, 0) is 0 Å². The highest BCUT2D eigenvalue weighted by atomic mass is 16.1. The zero-order valence-corrected chi connectivity index (χ0v) is 16.7. The summed E-state index contributed by atoms with van der Waals surface area (Å²) < 4.78 is 0. The molecule has 0 aliphatic carbocycles. The average Bonchev–Trinajstić information content (AvgIpc) is 2.59. The van der Waals surface area contributed by atoms with Crippen LogP contribution in [0.25, 0.3) is 10.9 Å². The first-order chi connectivity index (χ1) is 12.3. The summed E-state index contributed by atoms with van der Waals surface area (Å²) in [5.74, 6) is 1.57. The number of aromatic nitrogens is 1. The van der Waals surface area contributed by atoms with Crippen LogP contribution in [0.15, 0.2) is 30.3 Å². The fourth-order valence-corrected chi connectivity index (χ4v) is 3.40. The third kappa shape index (κ3) is 4.00. The number of pyridine rings is 1. The molecule has 2 aromatic rings. The molecule has 140 valence electrons. The van der Waals surface area contributed by atoms with Crippen LogP contribution in [0.3, 0.4) is 0 Å². The Bertz CT molecular complexity index is 794. The zero-order chi connectivity index (χ0) is 18.9. The average molecular weight is 354 g/mol. The van der Waals surface area contributed by atoms with Gasteiger partial charge in [0.2, 0.25) is 0 Å². The molecule has 1 saturated heterocycles. The van der Waals surface area contributed by atoms with E-state index in [1.54, 1.807) is 0 Å². The number of fused-ring (bicyclic) bond motifs is 1. The fraction of sp³-hybridized carbons (Fsp3) is 0.545. The number of anilines is 1. The molecule has 1 aliphatic heterocycles. The SMILES string of the molecule is C[C@@H]1CCCN(c2cc(C(=O)N[C@@H](C)C(C)(C)C)c3ccccc3n2)C1. The summed E-state index contributed by atoms with van der Waals surface area (Å²) in [4.78, 5) is 20.2. The van der Waals surface area contributed by atoms with Crippen molar-refractivity contribution in [3.05, 3.63) is 35.9 Å². The van der Waals surface area contributed by atoms with Crippen molar-refractivity contribution in [2.75, 3.05) is 18.0 Å². The minimum absolute atomic E-state index is 0.0164. The maximum atomic E-state index is 13.1. The van der Waals surface area contributed by atoms with E-state index in [4.69, 9.17) is 4.98 Å². The summed E-state index contributed by atoms with van der Waals surface area (Å²) in [6.07, 6.45) is 2.44. The Morgan fingerprint density at radius 2 is 2.04 bits per heavy atom. The summed E-state index contributed by atoms with van der Waals surface area (Å²) in [6.45, 7) is 12.8. The molecular weight excluding hydrogens is 322 g/mol. The van der Waals surface area contributed by atoms with E-state index >= 15 is 0 Å². The Hall–Kier alpha value is -2.10. The van der Waals surface area contributed by atoms with Gasteiger partial charge < -0.3 is 10.2 Å². The number of hydrogen-bond donors (Lipinski definition) is 1. The van der Waals surface area contributed by atoms with Crippen LogP contribution in [0.1, 0.15) is 57.8 Å². The van der Waals surface area contributed by atoms with Gasteiger partial charge in [-0.3, -0.25) is 4.79 Å². The highest BCUT2D eigenvalue weighted by molar-refractivity contribution is 6.07. The number of amides is 1. The number of rotatable bonds is 3. The van der Waals surface area contributed by atoms with E-state index in [1.807, 2.05) is 30.3 Å². The predicted molar refractivity (Wildman–Crippen MR) is 109 cm³/mol. The van der Waals surface area contributed by atoms with Crippen LogP contribution in [0.5, 0.6) is 0 Å². The quantitative estimate of drug-likeness (QED) is 0.874. The lowest BCUT2D eigenvalue weighted by molar-refractivity contribution is 0.0912. The van der Waals surface area contributed by atoms with Gasteiger partial charge in [-0.05, 0) is 43.2 Å². The van der Waals surface area contributed by atoms with Crippen LogP contribution in [-0.4, -0.2) is 30.0 Å². The molecule has 3 rings (SSSR count). The number of hydrogen-bond acceptors (Lipinski definition) is 3. The monoisotopic (exact) mass is 353 g/mol. The molecule has 0 unspecified atom stereocenters. The van der Waals surface area contributed by atoms with Gasteiger partial charge >= 0.3 is 0 Å². The molecule has 1 aliphatic rings. The number of piperidine rings is 1. The maximum Gasteiger partial charge on any atom is 0.252 e. The number of benzene rings is 1. The van der Waals surface area contributed by atoms with Crippen molar-refractivity contribution in [2.45, 2.75) is 53.5 Å². The number of para-hydroxylation sites is 1. The number of carbonyl (C=O) groups excluding carboxylic acids is 1. The van der Waals surface area contributed by atoms with E-state index in [2.05, 4.69) is 44.8 Å². The van der Waals surface area contributed by atoms with E-state index < -0.39 is 0 Å². The Morgan fingerprint density at radius 1 is 1.31 bits per heavy atom. The van der Waals surface area contributed by atoms with Gasteiger partial charge in [-0.1, -0.05) is 45.9 Å². The van der Waals surface area contributed by atoms with Crippen molar-refractivity contribution >= 4 is 22.6 Å². The topological polar surface area (TPSA) is 45.2 Å². The predicted octanol–water partition coefficient (Wildman–Crippen LogP) is 4.64. The Labute approximate surface area is 157 Å². The molecule has 26 heavy (non-hydrogen) atoms. The lowest BCUT2D eigenvalue weighted by atomic mass is 9.88. The normalized spacial score (nSPS) is 19.4. The van der Waals surface area contributed by atoms with Crippen LogP contribution in [0.2, 0.25) is 0 Å². The summed E-state index contributed by atoms with van der Waals surface area (Å²) in [6, 6.07) is 10.00. The lowest BCUT2D eigenvalue weighted by Gasteiger charge is -2.32. The van der Waals surface area contributed by atoms with Crippen molar-refractivity contribution in [2.24, 2.45) is 11.3 Å². The second-order valence-electron chi connectivity index (χ2n) is 8.80. The minimum Gasteiger partial charge on any atom is -0.356 e. The second kappa shape index (κ2) is 7.26. The van der Waals surface area contributed by atoms with Crippen LogP contribution >= 0.6 is 0 Å². The van der Waals surface area contributed by atoms with Gasteiger partial charge in [0.05, 0.1) is 11.1 Å². The lowest BCUT2D eigenvalue weighted by Crippen LogP contribution is -2.41. The molecule has 1 N–H and O–H groups in total. The van der Waals surface area contributed by atoms with Gasteiger partial charge in [0.15, 0.2) is 0 Å². The van der Waals surface area contributed by atoms with Gasteiger partial charge in [-0.25, -0.2) is 4.98 Å². The van der Waals surface area contributed by atoms with Crippen molar-refractivity contribution in [3.8, 4) is 0 Å². The highest BCUT2D eigenvalue weighted by Gasteiger charge is 2.24. The molecule has 1 amide bonds. The summed E-state index contributed by atoms with van der Waals surface area (Å²) in [7, 11) is 0. The van der Waals surface area contributed by atoms with Gasteiger partial charge in [-0.2, -0.15) is 0 Å². The molecule has 0 saturated carbocycles. The standard InChI is InChI=1S/C22H31N3O/c1-15-9-8-12-25(14-15)20-13-18(17-10-6-7-11-19(17)24-20)21(26)23-16(2)22(3,4)5/h6-7,10-11,13,15-16H,8-9,12,14H2,1-5H3,(H,23,26)/t15-,16+/m1/s1.